The summed E-state index contributed by atoms with van der Waals surface area (Å²) in [5.74, 6) is 0.823. The maximum Gasteiger partial charge on any atom is 0.320 e. The molecule has 2 saturated heterocycles. The molecule has 2 aliphatic rings. The number of likely N-dealkylation sites (tertiary alicyclic amines) is 2. The van der Waals surface area contributed by atoms with Gasteiger partial charge in [0.2, 0.25) is 0 Å². The van der Waals surface area contributed by atoms with Crippen molar-refractivity contribution < 1.29 is 9.53 Å². The highest BCUT2D eigenvalue weighted by atomic mass is 16.5. The third-order valence-corrected chi connectivity index (χ3v) is 4.71. The van der Waals surface area contributed by atoms with Crippen molar-refractivity contribution in [2.24, 2.45) is 5.92 Å². The fourth-order valence-corrected chi connectivity index (χ4v) is 3.24. The Morgan fingerprint density at radius 2 is 2.10 bits per heavy atom. The third kappa shape index (κ3) is 2.88. The van der Waals surface area contributed by atoms with Crippen molar-refractivity contribution >= 4 is 6.03 Å². The van der Waals surface area contributed by atoms with Crippen LogP contribution >= 0.6 is 0 Å². The number of rotatable bonds is 2. The van der Waals surface area contributed by atoms with E-state index < -0.39 is 0 Å². The molecule has 0 bridgehead atoms. The minimum atomic E-state index is -0.0113. The van der Waals surface area contributed by atoms with Gasteiger partial charge in [-0.25, -0.2) is 4.79 Å². The van der Waals surface area contributed by atoms with Crippen molar-refractivity contribution in [2.45, 2.75) is 31.8 Å². The molecule has 2 amide bonds. The number of hydrogen-bond donors (Lipinski definition) is 1. The summed E-state index contributed by atoms with van der Waals surface area (Å²) in [5.41, 5.74) is 0.865. The van der Waals surface area contributed by atoms with Gasteiger partial charge in [-0.3, -0.25) is 0 Å². The maximum absolute atomic E-state index is 12.6. The van der Waals surface area contributed by atoms with Gasteiger partial charge in [0.1, 0.15) is 0 Å². The van der Waals surface area contributed by atoms with Crippen molar-refractivity contribution in [3.8, 4) is 0 Å². The zero-order chi connectivity index (χ0) is 14.8. The number of nitrogens with zero attached hydrogens (tertiary/aromatic N) is 4. The Morgan fingerprint density at radius 3 is 2.71 bits per heavy atom. The molecule has 0 aromatic carbocycles. The molecule has 2 aliphatic heterocycles. The smallest absolute Gasteiger partial charge is 0.320 e. The first-order chi connectivity index (χ1) is 10.2. The van der Waals surface area contributed by atoms with E-state index in [-0.39, 0.29) is 18.1 Å². The van der Waals surface area contributed by atoms with Crippen LogP contribution < -0.4 is 0 Å². The Bertz CT molecular complexity index is 470. The van der Waals surface area contributed by atoms with Crippen molar-refractivity contribution in [3.05, 3.63) is 11.9 Å². The van der Waals surface area contributed by atoms with Gasteiger partial charge in [0.15, 0.2) is 0 Å². The molecule has 2 fully saturated rings. The second kappa shape index (κ2) is 6.01. The first kappa shape index (κ1) is 14.3. The number of carbonyl (C=O) groups is 1. The summed E-state index contributed by atoms with van der Waals surface area (Å²) >= 11 is 0. The summed E-state index contributed by atoms with van der Waals surface area (Å²) in [4.78, 5) is 16.5. The molecule has 1 aromatic heterocycles. The lowest BCUT2D eigenvalue weighted by atomic mass is 10.00. The van der Waals surface area contributed by atoms with Crippen LogP contribution in [0.2, 0.25) is 0 Å². The van der Waals surface area contributed by atoms with Gasteiger partial charge in [-0.1, -0.05) is 6.92 Å². The van der Waals surface area contributed by atoms with Crippen molar-refractivity contribution in [1.82, 2.24) is 25.2 Å². The molecule has 7 heteroatoms. The molecule has 2 atom stereocenters. The van der Waals surface area contributed by atoms with Gasteiger partial charge >= 0.3 is 6.03 Å². The van der Waals surface area contributed by atoms with Crippen LogP contribution in [0.4, 0.5) is 4.79 Å². The van der Waals surface area contributed by atoms with E-state index in [0.717, 1.165) is 37.5 Å². The number of H-pyrrole nitrogens is 1. The first-order valence-electron chi connectivity index (χ1n) is 7.61. The lowest BCUT2D eigenvalue weighted by molar-refractivity contribution is 0.0934. The van der Waals surface area contributed by atoms with E-state index in [1.807, 2.05) is 9.80 Å². The second-order valence-corrected chi connectivity index (χ2v) is 6.13. The molecule has 0 unspecified atom stereocenters. The number of ether oxygens (including phenoxy) is 1. The Hall–Kier alpha value is -1.63. The predicted octanol–water partition coefficient (Wildman–Crippen LogP) is 1.07. The third-order valence-electron chi connectivity index (χ3n) is 4.71. The molecule has 3 heterocycles. The highest BCUT2D eigenvalue weighted by Gasteiger charge is 2.39. The summed E-state index contributed by atoms with van der Waals surface area (Å²) in [5, 5.41) is 10.6. The number of aromatic nitrogens is 3. The molecule has 7 nitrogen and oxygen atoms in total. The van der Waals surface area contributed by atoms with E-state index >= 15 is 0 Å². The number of methoxy groups -OCH3 is 1. The lowest BCUT2D eigenvalue weighted by Gasteiger charge is -2.33. The first-order valence-corrected chi connectivity index (χ1v) is 7.61. The van der Waals surface area contributed by atoms with Gasteiger partial charge in [0.05, 0.1) is 23.9 Å². The summed E-state index contributed by atoms with van der Waals surface area (Å²) < 4.78 is 5.54. The minimum absolute atomic E-state index is 0.0113. The lowest BCUT2D eigenvalue weighted by Crippen LogP contribution is -2.46. The molecule has 0 spiro atoms. The predicted molar refractivity (Wildman–Crippen MR) is 76.9 cm³/mol. The number of carbonyl (C=O) groups excluding carboxylic acids is 1. The largest absolute Gasteiger partial charge is 0.379 e. The van der Waals surface area contributed by atoms with Crippen LogP contribution in [0.15, 0.2) is 6.20 Å². The average molecular weight is 293 g/mol. The molecule has 0 aliphatic carbocycles. The Balaban J connectivity index is 1.65. The number of piperidine rings is 1. The highest BCUT2D eigenvalue weighted by molar-refractivity contribution is 5.75. The summed E-state index contributed by atoms with van der Waals surface area (Å²) in [6, 6.07) is 0.134. The monoisotopic (exact) mass is 293 g/mol. The standard InChI is InChI=1S/C14H23N5O2/c1-10-3-5-18(6-4-10)14(20)19-8-11(13(9-19)21-2)12-7-15-17-16-12/h7,10-11,13H,3-6,8-9H2,1-2H3,(H,15,16,17)/t11-,13+/m0/s1. The fraction of sp³-hybridized carbons (Fsp3) is 0.786. The van der Waals surface area contributed by atoms with Crippen LogP contribution in [0.5, 0.6) is 0 Å². The van der Waals surface area contributed by atoms with Crippen molar-refractivity contribution in [3.63, 3.8) is 0 Å². The molecular formula is C14H23N5O2. The van der Waals surface area contributed by atoms with Crippen LogP contribution in [-0.2, 0) is 4.74 Å². The summed E-state index contributed by atoms with van der Waals surface area (Å²) in [7, 11) is 1.69. The van der Waals surface area contributed by atoms with Crippen LogP contribution in [0, 0.1) is 5.92 Å². The zero-order valence-electron chi connectivity index (χ0n) is 12.7. The molecule has 21 heavy (non-hydrogen) atoms. The Kier molecular flexibility index (Phi) is 4.10. The normalized spacial score (nSPS) is 27.3. The number of hydrogen-bond acceptors (Lipinski definition) is 4. The topological polar surface area (TPSA) is 74.3 Å². The summed E-state index contributed by atoms with van der Waals surface area (Å²) in [6.07, 6.45) is 3.90. The van der Waals surface area contributed by atoms with E-state index in [1.54, 1.807) is 13.3 Å². The molecule has 0 saturated carbocycles. The van der Waals surface area contributed by atoms with Gasteiger partial charge in [0.25, 0.3) is 0 Å². The number of nitrogens with one attached hydrogen (secondary N) is 1. The summed E-state index contributed by atoms with van der Waals surface area (Å²) in [6.45, 7) is 5.25. The molecular weight excluding hydrogens is 270 g/mol. The van der Waals surface area contributed by atoms with E-state index in [0.29, 0.717) is 13.1 Å². The van der Waals surface area contributed by atoms with Crippen LogP contribution in [0.3, 0.4) is 0 Å². The number of aromatic amines is 1. The van der Waals surface area contributed by atoms with Gasteiger partial charge < -0.3 is 14.5 Å². The van der Waals surface area contributed by atoms with Crippen LogP contribution in [0.25, 0.3) is 0 Å². The van der Waals surface area contributed by atoms with E-state index in [2.05, 4.69) is 22.3 Å². The van der Waals surface area contributed by atoms with E-state index in [9.17, 15) is 4.79 Å². The van der Waals surface area contributed by atoms with Crippen molar-refractivity contribution in [1.29, 1.82) is 0 Å². The molecule has 1 aromatic rings. The number of amides is 2. The average Bonchev–Trinajstić information content (AvgIpc) is 3.16. The van der Waals surface area contributed by atoms with Gasteiger partial charge in [-0.05, 0) is 18.8 Å². The quantitative estimate of drug-likeness (QED) is 0.885. The maximum atomic E-state index is 12.6. The Labute approximate surface area is 124 Å². The second-order valence-electron chi connectivity index (χ2n) is 6.13. The molecule has 116 valence electrons. The fourth-order valence-electron chi connectivity index (χ4n) is 3.24. The van der Waals surface area contributed by atoms with E-state index in [4.69, 9.17) is 4.74 Å². The number of urea groups is 1. The molecule has 0 radical (unpaired) electrons. The van der Waals surface area contributed by atoms with Gasteiger partial charge in [-0.15, -0.1) is 0 Å². The van der Waals surface area contributed by atoms with Gasteiger partial charge in [0, 0.05) is 33.3 Å². The minimum Gasteiger partial charge on any atom is -0.379 e. The molecule has 1 N–H and O–H groups in total. The van der Waals surface area contributed by atoms with Crippen LogP contribution in [0.1, 0.15) is 31.4 Å². The zero-order valence-corrected chi connectivity index (χ0v) is 12.7. The van der Waals surface area contributed by atoms with E-state index in [1.165, 1.54) is 0 Å². The van der Waals surface area contributed by atoms with Crippen molar-refractivity contribution in [2.75, 3.05) is 33.3 Å². The highest BCUT2D eigenvalue weighted by Crippen LogP contribution is 2.29. The van der Waals surface area contributed by atoms with Crippen LogP contribution in [-0.4, -0.2) is 70.6 Å². The SMILES string of the molecule is CO[C@@H]1CN(C(=O)N2CCC(C)CC2)C[C@H]1c1cn[nH]n1. The molecule has 3 rings (SSSR count). The van der Waals surface area contributed by atoms with Gasteiger partial charge in [-0.2, -0.15) is 15.4 Å². The Morgan fingerprint density at radius 1 is 1.33 bits per heavy atom.